The van der Waals surface area contributed by atoms with Gasteiger partial charge in [-0.1, -0.05) is 71.8 Å². The van der Waals surface area contributed by atoms with Crippen LogP contribution in [-0.2, 0) is 4.79 Å². The number of carbonyl (C=O) groups excluding carboxylic acids is 1. The van der Waals surface area contributed by atoms with Crippen molar-refractivity contribution in [1.82, 2.24) is 10.0 Å². The van der Waals surface area contributed by atoms with Crippen molar-refractivity contribution >= 4 is 35.2 Å². The van der Waals surface area contributed by atoms with Crippen LogP contribution in [0.15, 0.2) is 54.6 Å². The SMILES string of the molecule is O=C1CCN2[C@@H](/C=C\c3ccccc3)[C@H]([N+](=O)[O-])[C@@H](c3ccc(Cl)cc3Cl)N12. The van der Waals surface area contributed by atoms with E-state index in [1.165, 1.54) is 5.01 Å². The maximum absolute atomic E-state index is 12.6. The third-order valence-electron chi connectivity index (χ3n) is 5.18. The maximum Gasteiger partial charge on any atom is 0.259 e. The predicted molar refractivity (Wildman–Crippen MR) is 107 cm³/mol. The van der Waals surface area contributed by atoms with Crippen molar-refractivity contribution in [3.63, 3.8) is 0 Å². The van der Waals surface area contributed by atoms with E-state index in [0.29, 0.717) is 28.6 Å². The molecule has 0 unspecified atom stereocenters. The zero-order chi connectivity index (χ0) is 19.8. The molecule has 0 radical (unpaired) electrons. The van der Waals surface area contributed by atoms with Crippen LogP contribution in [-0.4, -0.2) is 39.5 Å². The van der Waals surface area contributed by atoms with Crippen molar-refractivity contribution in [3.8, 4) is 0 Å². The fraction of sp³-hybridized carbons (Fsp3) is 0.250. The molecular formula is C20H17Cl2N3O3. The summed E-state index contributed by atoms with van der Waals surface area (Å²) in [5.41, 5.74) is 1.47. The van der Waals surface area contributed by atoms with Crippen LogP contribution in [0.1, 0.15) is 23.6 Å². The number of rotatable bonds is 4. The molecule has 0 bridgehead atoms. The number of fused-ring (bicyclic) bond motifs is 1. The monoisotopic (exact) mass is 417 g/mol. The van der Waals surface area contributed by atoms with Crippen LogP contribution in [0.2, 0.25) is 10.0 Å². The van der Waals surface area contributed by atoms with E-state index >= 15 is 0 Å². The molecule has 8 heteroatoms. The summed E-state index contributed by atoms with van der Waals surface area (Å²) in [5.74, 6) is -0.140. The van der Waals surface area contributed by atoms with Gasteiger partial charge in [-0.2, -0.15) is 0 Å². The minimum atomic E-state index is -1.04. The Kier molecular flexibility index (Phi) is 5.10. The third kappa shape index (κ3) is 3.28. The first-order chi connectivity index (χ1) is 13.5. The average molecular weight is 418 g/mol. The first-order valence-corrected chi connectivity index (χ1v) is 9.63. The largest absolute Gasteiger partial charge is 0.273 e. The van der Waals surface area contributed by atoms with Crippen LogP contribution < -0.4 is 0 Å². The zero-order valence-electron chi connectivity index (χ0n) is 14.7. The summed E-state index contributed by atoms with van der Waals surface area (Å²) >= 11 is 12.3. The molecule has 0 aromatic heterocycles. The molecule has 2 heterocycles. The highest BCUT2D eigenvalue weighted by Crippen LogP contribution is 2.44. The van der Waals surface area contributed by atoms with Gasteiger partial charge in [-0.25, -0.2) is 5.01 Å². The summed E-state index contributed by atoms with van der Waals surface area (Å²) in [5, 5.41) is 16.1. The van der Waals surface area contributed by atoms with E-state index in [4.69, 9.17) is 23.2 Å². The van der Waals surface area contributed by atoms with Gasteiger partial charge in [-0.15, -0.1) is 0 Å². The summed E-state index contributed by atoms with van der Waals surface area (Å²) in [6, 6.07) is 12.0. The lowest BCUT2D eigenvalue weighted by Gasteiger charge is -2.25. The van der Waals surface area contributed by atoms with Gasteiger partial charge in [0.25, 0.3) is 6.04 Å². The molecule has 2 aromatic carbocycles. The van der Waals surface area contributed by atoms with Crippen molar-refractivity contribution < 1.29 is 9.72 Å². The van der Waals surface area contributed by atoms with E-state index < -0.39 is 18.1 Å². The quantitative estimate of drug-likeness (QED) is 0.551. The Hall–Kier alpha value is -2.41. The number of nitrogens with zero attached hydrogens (tertiary/aromatic N) is 3. The number of hydrazine groups is 1. The van der Waals surface area contributed by atoms with Gasteiger partial charge in [-0.3, -0.25) is 19.9 Å². The molecule has 0 spiro atoms. The Morgan fingerprint density at radius 2 is 1.89 bits per heavy atom. The second kappa shape index (κ2) is 7.54. The molecular weight excluding hydrogens is 401 g/mol. The fourth-order valence-corrected chi connectivity index (χ4v) is 4.50. The summed E-state index contributed by atoms with van der Waals surface area (Å²) in [6.45, 7) is 0.439. The molecule has 2 aliphatic rings. The topological polar surface area (TPSA) is 66.7 Å². The number of nitro groups is 1. The molecule has 2 aliphatic heterocycles. The van der Waals surface area contributed by atoms with Gasteiger partial charge in [0.1, 0.15) is 12.1 Å². The summed E-state index contributed by atoms with van der Waals surface area (Å²) in [4.78, 5) is 24.3. The van der Waals surface area contributed by atoms with Gasteiger partial charge in [0.2, 0.25) is 5.91 Å². The lowest BCUT2D eigenvalue weighted by atomic mass is 9.94. The summed E-state index contributed by atoms with van der Waals surface area (Å²) < 4.78 is 0. The Labute approximate surface area is 172 Å². The lowest BCUT2D eigenvalue weighted by Crippen LogP contribution is -2.38. The van der Waals surface area contributed by atoms with E-state index in [1.54, 1.807) is 29.3 Å². The van der Waals surface area contributed by atoms with E-state index in [9.17, 15) is 14.9 Å². The van der Waals surface area contributed by atoms with Crippen molar-refractivity contribution in [1.29, 1.82) is 0 Å². The highest BCUT2D eigenvalue weighted by molar-refractivity contribution is 6.35. The molecule has 0 saturated carbocycles. The van der Waals surface area contributed by atoms with Crippen LogP contribution in [0, 0.1) is 10.1 Å². The second-order valence-electron chi connectivity index (χ2n) is 6.80. The number of amides is 1. The molecule has 0 N–H and O–H groups in total. The number of hydrogen-bond acceptors (Lipinski definition) is 4. The van der Waals surface area contributed by atoms with Crippen LogP contribution in [0.4, 0.5) is 0 Å². The minimum Gasteiger partial charge on any atom is -0.273 e. The molecule has 4 rings (SSSR count). The molecule has 1 amide bonds. The van der Waals surface area contributed by atoms with Crippen LogP contribution in [0.3, 0.4) is 0 Å². The molecule has 2 aromatic rings. The van der Waals surface area contributed by atoms with E-state index in [-0.39, 0.29) is 10.8 Å². The van der Waals surface area contributed by atoms with Crippen LogP contribution in [0.5, 0.6) is 0 Å². The standard InChI is InChI=1S/C20H17Cl2N3O3/c21-14-7-8-15(16(22)12-14)19-20(25(27)28)17(23-11-10-18(26)24(19)23)9-6-13-4-2-1-3-5-13/h1-9,12,17,19-20H,10-11H2/b9-6-/t17-,19+,20-/m0/s1. The van der Waals surface area contributed by atoms with Gasteiger partial charge in [0.15, 0.2) is 0 Å². The highest BCUT2D eigenvalue weighted by Gasteiger charge is 2.58. The second-order valence-corrected chi connectivity index (χ2v) is 7.64. The van der Waals surface area contributed by atoms with E-state index in [0.717, 1.165) is 5.56 Å². The van der Waals surface area contributed by atoms with Crippen LogP contribution in [0.25, 0.3) is 6.08 Å². The van der Waals surface area contributed by atoms with Crippen molar-refractivity contribution in [2.24, 2.45) is 0 Å². The maximum atomic E-state index is 12.6. The van der Waals surface area contributed by atoms with Gasteiger partial charge in [0.05, 0.1) is 0 Å². The molecule has 3 atom stereocenters. The molecule has 6 nitrogen and oxygen atoms in total. The highest BCUT2D eigenvalue weighted by atomic mass is 35.5. The zero-order valence-corrected chi connectivity index (χ0v) is 16.3. The summed E-state index contributed by atoms with van der Waals surface area (Å²) in [7, 11) is 0. The molecule has 144 valence electrons. The normalized spacial score (nSPS) is 24.9. The first-order valence-electron chi connectivity index (χ1n) is 8.87. The van der Waals surface area contributed by atoms with Gasteiger partial charge >= 0.3 is 0 Å². The Balaban J connectivity index is 1.78. The lowest BCUT2D eigenvalue weighted by molar-refractivity contribution is -0.526. The van der Waals surface area contributed by atoms with Crippen molar-refractivity contribution in [2.45, 2.75) is 24.5 Å². The van der Waals surface area contributed by atoms with Gasteiger partial charge in [0, 0.05) is 33.5 Å². The Bertz CT molecular complexity index is 951. The Morgan fingerprint density at radius 3 is 2.57 bits per heavy atom. The van der Waals surface area contributed by atoms with Crippen LogP contribution >= 0.6 is 23.2 Å². The average Bonchev–Trinajstić information content (AvgIpc) is 3.19. The third-order valence-corrected chi connectivity index (χ3v) is 5.74. The van der Waals surface area contributed by atoms with Gasteiger partial charge < -0.3 is 0 Å². The van der Waals surface area contributed by atoms with E-state index in [1.807, 2.05) is 36.4 Å². The predicted octanol–water partition coefficient (Wildman–Crippen LogP) is 4.22. The fourth-order valence-electron chi connectivity index (χ4n) is 3.98. The van der Waals surface area contributed by atoms with Crippen molar-refractivity contribution in [2.75, 3.05) is 6.54 Å². The number of benzene rings is 2. The number of carbonyl (C=O) groups is 1. The van der Waals surface area contributed by atoms with E-state index in [2.05, 4.69) is 0 Å². The molecule has 2 saturated heterocycles. The number of halogens is 2. The molecule has 2 fully saturated rings. The summed E-state index contributed by atoms with van der Waals surface area (Å²) in [6.07, 6.45) is 3.98. The Morgan fingerprint density at radius 1 is 1.14 bits per heavy atom. The number of hydrogen-bond donors (Lipinski definition) is 0. The van der Waals surface area contributed by atoms with Gasteiger partial charge in [-0.05, 0) is 17.7 Å². The minimum absolute atomic E-state index is 0.140. The van der Waals surface area contributed by atoms with Crippen molar-refractivity contribution in [3.05, 3.63) is 85.9 Å². The molecule has 28 heavy (non-hydrogen) atoms. The first kappa shape index (κ1) is 18.9. The molecule has 0 aliphatic carbocycles. The smallest absolute Gasteiger partial charge is 0.259 e.